The second kappa shape index (κ2) is 11.1. The minimum Gasteiger partial charge on any atom is -0.505 e. The summed E-state index contributed by atoms with van der Waals surface area (Å²) in [5.41, 5.74) is -1.77. The van der Waals surface area contributed by atoms with Gasteiger partial charge in [-0.1, -0.05) is 6.92 Å². The predicted octanol–water partition coefficient (Wildman–Crippen LogP) is 7.05. The number of fused-ring (bicyclic) bond motifs is 2. The second-order valence-corrected chi connectivity index (χ2v) is 8.93. The van der Waals surface area contributed by atoms with E-state index in [1.807, 2.05) is 6.92 Å². The topological polar surface area (TPSA) is 41.9 Å². The van der Waals surface area contributed by atoms with Crippen molar-refractivity contribution in [3.63, 3.8) is 0 Å². The highest BCUT2D eigenvalue weighted by atomic mass is 19.4. The van der Waals surface area contributed by atoms with Crippen LogP contribution < -0.4 is 9.47 Å². The number of piperidine rings is 1. The van der Waals surface area contributed by atoms with Gasteiger partial charge >= 0.3 is 12.4 Å². The molecule has 4 rings (SSSR count). The zero-order valence-corrected chi connectivity index (χ0v) is 19.8. The number of phenolic OH excluding ortho intramolecular Hbond substituents is 1. The summed E-state index contributed by atoms with van der Waals surface area (Å²) in [6.07, 6.45) is -3.98. The van der Waals surface area contributed by atoms with Gasteiger partial charge in [0.15, 0.2) is 23.1 Å². The molecule has 2 saturated heterocycles. The van der Waals surface area contributed by atoms with Gasteiger partial charge in [-0.3, -0.25) is 0 Å². The average Bonchev–Trinajstić information content (AvgIpc) is 3.00. The predicted molar refractivity (Wildman–Crippen MR) is 119 cm³/mol. The third-order valence-corrected chi connectivity index (χ3v) is 6.35. The van der Waals surface area contributed by atoms with Crippen molar-refractivity contribution in [1.29, 1.82) is 0 Å². The minimum absolute atomic E-state index is 0.0411. The SMILES string of the molecule is CCCOc1cc(C(F)(F)F)ccc1OC1C[C@H]2CC[C@@H](C1)N2C.Oc1cc(C(F)(F)F)ccc1F. The van der Waals surface area contributed by atoms with E-state index in [4.69, 9.17) is 14.6 Å². The van der Waals surface area contributed by atoms with Gasteiger partial charge in [-0.2, -0.15) is 26.3 Å². The van der Waals surface area contributed by atoms with E-state index in [9.17, 15) is 30.7 Å². The number of halogens is 7. The Morgan fingerprint density at radius 2 is 1.44 bits per heavy atom. The third-order valence-electron chi connectivity index (χ3n) is 6.35. The largest absolute Gasteiger partial charge is 0.505 e. The second-order valence-electron chi connectivity index (χ2n) is 8.93. The minimum atomic E-state index is -4.55. The summed E-state index contributed by atoms with van der Waals surface area (Å²) in [5.74, 6) is -1.45. The van der Waals surface area contributed by atoms with E-state index in [2.05, 4.69) is 11.9 Å². The Balaban J connectivity index is 0.000000253. The van der Waals surface area contributed by atoms with Crippen molar-refractivity contribution in [1.82, 2.24) is 4.90 Å². The maximum atomic E-state index is 12.9. The molecule has 2 aliphatic rings. The Morgan fingerprint density at radius 1 is 0.889 bits per heavy atom. The van der Waals surface area contributed by atoms with Crippen molar-refractivity contribution in [2.24, 2.45) is 0 Å². The van der Waals surface area contributed by atoms with Crippen LogP contribution in [0.4, 0.5) is 30.7 Å². The molecular weight excluding hydrogens is 495 g/mol. The highest BCUT2D eigenvalue weighted by molar-refractivity contribution is 5.44. The number of aromatic hydroxyl groups is 1. The molecule has 2 heterocycles. The van der Waals surface area contributed by atoms with Gasteiger partial charge in [0.2, 0.25) is 0 Å². The van der Waals surface area contributed by atoms with Gasteiger partial charge < -0.3 is 19.5 Å². The average molecular weight is 523 g/mol. The first-order valence-corrected chi connectivity index (χ1v) is 11.6. The molecule has 2 aromatic rings. The zero-order valence-electron chi connectivity index (χ0n) is 19.8. The quantitative estimate of drug-likeness (QED) is 0.427. The Kier molecular flexibility index (Phi) is 8.63. The van der Waals surface area contributed by atoms with Crippen LogP contribution in [0.5, 0.6) is 17.2 Å². The molecule has 2 bridgehead atoms. The fourth-order valence-electron chi connectivity index (χ4n) is 4.43. The molecular formula is C25H28F7NO3. The number of alkyl halides is 6. The monoisotopic (exact) mass is 523 g/mol. The Bertz CT molecular complexity index is 1010. The van der Waals surface area contributed by atoms with E-state index in [1.54, 1.807) is 0 Å². The first kappa shape index (κ1) is 27.9. The van der Waals surface area contributed by atoms with Crippen LogP contribution in [-0.4, -0.2) is 41.8 Å². The van der Waals surface area contributed by atoms with Crippen LogP contribution in [0.1, 0.15) is 50.2 Å². The number of benzene rings is 2. The molecule has 200 valence electrons. The van der Waals surface area contributed by atoms with Gasteiger partial charge in [-0.15, -0.1) is 0 Å². The van der Waals surface area contributed by atoms with Crippen molar-refractivity contribution < 1.29 is 45.3 Å². The molecule has 1 unspecified atom stereocenters. The summed E-state index contributed by atoms with van der Waals surface area (Å²) >= 11 is 0. The van der Waals surface area contributed by atoms with Crippen LogP contribution in [0.2, 0.25) is 0 Å². The number of nitrogens with zero attached hydrogens (tertiary/aromatic N) is 1. The standard InChI is InChI=1S/C18H24F3NO2.C7H4F4O/c1-3-8-23-17-9-12(18(19,20)21)4-7-16(17)24-15-10-13-5-6-14(11-15)22(13)2;8-5-2-1-4(3-6(5)12)7(9,10)11/h4,7,9,13-15H,3,5-6,8,10-11H2,1-2H3;1-3,12H/t13-,14+,15?;. The third kappa shape index (κ3) is 6.96. The number of ether oxygens (including phenoxy) is 2. The molecule has 11 heteroatoms. The van der Waals surface area contributed by atoms with Gasteiger partial charge in [0.25, 0.3) is 0 Å². The molecule has 2 aliphatic heterocycles. The van der Waals surface area contributed by atoms with Crippen molar-refractivity contribution in [3.05, 3.63) is 53.3 Å². The van der Waals surface area contributed by atoms with Crippen LogP contribution in [0.3, 0.4) is 0 Å². The highest BCUT2D eigenvalue weighted by Crippen LogP contribution is 2.40. The molecule has 1 N–H and O–H groups in total. The van der Waals surface area contributed by atoms with Crippen molar-refractivity contribution in [2.75, 3.05) is 13.7 Å². The Morgan fingerprint density at radius 3 is 1.97 bits per heavy atom. The molecule has 0 aliphatic carbocycles. The Labute approximate surface area is 204 Å². The summed E-state index contributed by atoms with van der Waals surface area (Å²) in [7, 11) is 2.15. The molecule has 3 atom stereocenters. The van der Waals surface area contributed by atoms with Crippen LogP contribution in [-0.2, 0) is 12.4 Å². The van der Waals surface area contributed by atoms with Crippen LogP contribution in [0, 0.1) is 5.82 Å². The van der Waals surface area contributed by atoms with Crippen LogP contribution in [0.25, 0.3) is 0 Å². The normalized spacial score (nSPS) is 22.1. The summed E-state index contributed by atoms with van der Waals surface area (Å²) in [6, 6.07) is 6.02. The lowest BCUT2D eigenvalue weighted by molar-refractivity contribution is -0.138. The number of rotatable bonds is 5. The number of hydrogen-bond donors (Lipinski definition) is 1. The van der Waals surface area contributed by atoms with Gasteiger partial charge in [0.1, 0.15) is 6.10 Å². The van der Waals surface area contributed by atoms with Crippen LogP contribution >= 0.6 is 0 Å². The number of hydrogen-bond acceptors (Lipinski definition) is 4. The molecule has 0 saturated carbocycles. The summed E-state index contributed by atoms with van der Waals surface area (Å²) in [5, 5.41) is 8.59. The summed E-state index contributed by atoms with van der Waals surface area (Å²) < 4.78 is 98.2. The van der Waals surface area contributed by atoms with E-state index < -0.39 is 35.0 Å². The maximum Gasteiger partial charge on any atom is 0.416 e. The summed E-state index contributed by atoms with van der Waals surface area (Å²) in [4.78, 5) is 2.40. The lowest BCUT2D eigenvalue weighted by atomic mass is 10.0. The molecule has 4 nitrogen and oxygen atoms in total. The lowest BCUT2D eigenvalue weighted by Gasteiger charge is -2.36. The number of phenols is 1. The highest BCUT2D eigenvalue weighted by Gasteiger charge is 2.40. The van der Waals surface area contributed by atoms with Gasteiger partial charge in [-0.25, -0.2) is 4.39 Å². The van der Waals surface area contributed by atoms with E-state index in [1.165, 1.54) is 18.9 Å². The van der Waals surface area contributed by atoms with Gasteiger partial charge in [0, 0.05) is 12.1 Å². The molecule has 36 heavy (non-hydrogen) atoms. The van der Waals surface area contributed by atoms with Crippen LogP contribution in [0.15, 0.2) is 36.4 Å². The Hall–Kier alpha value is -2.69. The van der Waals surface area contributed by atoms with Crippen molar-refractivity contribution in [2.45, 2.75) is 69.6 Å². The molecule has 0 radical (unpaired) electrons. The van der Waals surface area contributed by atoms with Gasteiger partial charge in [-0.05, 0) is 75.5 Å². The first-order chi connectivity index (χ1) is 16.8. The smallest absolute Gasteiger partial charge is 0.416 e. The van der Waals surface area contributed by atoms with Crippen molar-refractivity contribution >= 4 is 0 Å². The molecule has 0 aromatic heterocycles. The fraction of sp³-hybridized carbons (Fsp3) is 0.520. The van der Waals surface area contributed by atoms with E-state index in [-0.39, 0.29) is 11.9 Å². The molecule has 2 aromatic carbocycles. The van der Waals surface area contributed by atoms with Crippen molar-refractivity contribution in [3.8, 4) is 17.2 Å². The molecule has 0 amide bonds. The van der Waals surface area contributed by atoms with E-state index >= 15 is 0 Å². The zero-order chi connectivity index (χ0) is 26.7. The van der Waals surface area contributed by atoms with E-state index in [0.717, 1.165) is 31.4 Å². The lowest BCUT2D eigenvalue weighted by Crippen LogP contribution is -2.43. The van der Waals surface area contributed by atoms with E-state index in [0.29, 0.717) is 42.6 Å². The maximum absolute atomic E-state index is 12.9. The fourth-order valence-corrected chi connectivity index (χ4v) is 4.43. The first-order valence-electron chi connectivity index (χ1n) is 11.6. The molecule has 0 spiro atoms. The van der Waals surface area contributed by atoms with Gasteiger partial charge in [0.05, 0.1) is 17.7 Å². The molecule has 2 fully saturated rings. The summed E-state index contributed by atoms with van der Waals surface area (Å²) in [6.45, 7) is 2.29.